The van der Waals surface area contributed by atoms with E-state index in [1.807, 2.05) is 38.1 Å². The van der Waals surface area contributed by atoms with Crippen molar-refractivity contribution in [3.63, 3.8) is 0 Å². The Morgan fingerprint density at radius 1 is 0.917 bits per heavy atom. The van der Waals surface area contributed by atoms with Crippen LogP contribution in [0.1, 0.15) is 33.6 Å². The fourth-order valence-electron chi connectivity index (χ4n) is 4.19. The van der Waals surface area contributed by atoms with E-state index < -0.39 is 10.0 Å². The quantitative estimate of drug-likeness (QED) is 0.246. The van der Waals surface area contributed by atoms with Crippen molar-refractivity contribution in [2.24, 2.45) is 0 Å². The Morgan fingerprint density at radius 2 is 1.64 bits per heavy atom. The van der Waals surface area contributed by atoms with Crippen LogP contribution in [-0.4, -0.2) is 23.2 Å². The number of hydrogen-bond donors (Lipinski definition) is 1. The average molecular weight is 562 g/mol. The maximum atomic E-state index is 13.3. The van der Waals surface area contributed by atoms with E-state index in [1.54, 1.807) is 36.6 Å². The van der Waals surface area contributed by atoms with Crippen LogP contribution in [0.4, 0.5) is 0 Å². The molecule has 36 heavy (non-hydrogen) atoms. The van der Waals surface area contributed by atoms with Crippen LogP contribution >= 0.6 is 35.0 Å². The van der Waals surface area contributed by atoms with Crippen LogP contribution in [0.3, 0.4) is 0 Å². The van der Waals surface area contributed by atoms with Crippen molar-refractivity contribution in [2.75, 3.05) is 0 Å². The minimum absolute atomic E-state index is 0.0634. The van der Waals surface area contributed by atoms with Gasteiger partial charge < -0.3 is 0 Å². The van der Waals surface area contributed by atoms with Gasteiger partial charge in [-0.05, 0) is 62.6 Å². The molecule has 1 heterocycles. The first-order chi connectivity index (χ1) is 17.0. The van der Waals surface area contributed by atoms with Gasteiger partial charge in [0.05, 0.1) is 22.2 Å². The third-order valence-electron chi connectivity index (χ3n) is 5.60. The van der Waals surface area contributed by atoms with Gasteiger partial charge in [0.25, 0.3) is 0 Å². The highest BCUT2D eigenvalue weighted by molar-refractivity contribution is 7.98. The van der Waals surface area contributed by atoms with Crippen LogP contribution in [0.25, 0.3) is 5.69 Å². The van der Waals surface area contributed by atoms with E-state index >= 15 is 0 Å². The van der Waals surface area contributed by atoms with Crippen molar-refractivity contribution in [2.45, 2.75) is 50.0 Å². The Kier molecular flexibility index (Phi) is 8.12. The van der Waals surface area contributed by atoms with E-state index in [4.69, 9.17) is 23.2 Å². The van der Waals surface area contributed by atoms with Gasteiger partial charge in [0, 0.05) is 10.8 Å². The highest BCUT2D eigenvalue weighted by Gasteiger charge is 2.23. The number of hydrogen-bond acceptors (Lipinski definition) is 5. The molecule has 0 bridgehead atoms. The van der Waals surface area contributed by atoms with Crippen LogP contribution < -0.4 is 4.72 Å². The molecule has 3 aromatic carbocycles. The molecule has 0 atom stereocenters. The summed E-state index contributed by atoms with van der Waals surface area (Å²) < 4.78 is 31.0. The normalized spacial score (nSPS) is 11.7. The summed E-state index contributed by atoms with van der Waals surface area (Å²) in [5.41, 5.74) is 5.33. The second kappa shape index (κ2) is 10.9. The summed E-state index contributed by atoms with van der Waals surface area (Å²) in [6, 6.07) is 17.1. The molecule has 0 amide bonds. The molecule has 0 saturated carbocycles. The zero-order valence-electron chi connectivity index (χ0n) is 20.3. The molecule has 1 aromatic heterocycles. The number of thioether (sulfide) groups is 1. The van der Waals surface area contributed by atoms with Crippen molar-refractivity contribution >= 4 is 45.0 Å². The molecular formula is C26H26Cl2N4O2S2. The lowest BCUT2D eigenvalue weighted by Crippen LogP contribution is -2.26. The Morgan fingerprint density at radius 3 is 2.31 bits per heavy atom. The van der Waals surface area contributed by atoms with E-state index in [0.717, 1.165) is 11.1 Å². The second-order valence-electron chi connectivity index (χ2n) is 8.66. The smallest absolute Gasteiger partial charge is 0.241 e. The molecule has 4 rings (SSSR count). The van der Waals surface area contributed by atoms with Gasteiger partial charge in [-0.1, -0.05) is 82.5 Å². The van der Waals surface area contributed by atoms with Crippen molar-refractivity contribution in [3.05, 3.63) is 98.3 Å². The molecule has 4 aromatic rings. The minimum atomic E-state index is -3.80. The standard InChI is InChI=1S/C26H26Cl2N4O2S2/c1-16-6-5-7-20(12-16)15-35-26-31-30-24(32(26)23-9-8-21(27)13-22(23)28)14-29-36(33,34)25-18(3)10-17(2)11-19(25)4/h5-13,29H,14-15H2,1-4H3. The highest BCUT2D eigenvalue weighted by Crippen LogP contribution is 2.31. The number of nitrogens with zero attached hydrogens (tertiary/aromatic N) is 3. The van der Waals surface area contributed by atoms with Gasteiger partial charge in [0.1, 0.15) is 0 Å². The lowest BCUT2D eigenvalue weighted by molar-refractivity contribution is 0.577. The van der Waals surface area contributed by atoms with Crippen LogP contribution in [0, 0.1) is 27.7 Å². The molecule has 188 valence electrons. The Bertz CT molecular complexity index is 1510. The van der Waals surface area contributed by atoms with Crippen molar-refractivity contribution in [3.8, 4) is 5.69 Å². The third kappa shape index (κ3) is 5.95. The molecule has 6 nitrogen and oxygen atoms in total. The minimum Gasteiger partial charge on any atom is -0.271 e. The Labute approximate surface area is 226 Å². The fourth-order valence-corrected chi connectivity index (χ4v) is 7.01. The first kappa shape index (κ1) is 26.7. The topological polar surface area (TPSA) is 76.9 Å². The van der Waals surface area contributed by atoms with Gasteiger partial charge in [0.2, 0.25) is 10.0 Å². The van der Waals surface area contributed by atoms with E-state index in [0.29, 0.717) is 43.6 Å². The van der Waals surface area contributed by atoms with Gasteiger partial charge >= 0.3 is 0 Å². The average Bonchev–Trinajstić information content (AvgIpc) is 3.18. The maximum absolute atomic E-state index is 13.3. The summed E-state index contributed by atoms with van der Waals surface area (Å²) in [6.07, 6.45) is 0. The first-order valence-corrected chi connectivity index (χ1v) is 14.4. The molecular weight excluding hydrogens is 535 g/mol. The predicted octanol–water partition coefficient (Wildman–Crippen LogP) is 6.58. The zero-order chi connectivity index (χ0) is 26.0. The van der Waals surface area contributed by atoms with Crippen molar-refractivity contribution in [1.82, 2.24) is 19.5 Å². The molecule has 0 saturated heterocycles. The van der Waals surface area contributed by atoms with E-state index in [9.17, 15) is 8.42 Å². The first-order valence-electron chi connectivity index (χ1n) is 11.2. The number of halogens is 2. The predicted molar refractivity (Wildman–Crippen MR) is 147 cm³/mol. The van der Waals surface area contributed by atoms with Gasteiger partial charge in [-0.15, -0.1) is 10.2 Å². The molecule has 0 aliphatic rings. The molecule has 0 radical (unpaired) electrons. The fraction of sp³-hybridized carbons (Fsp3) is 0.231. The molecule has 10 heteroatoms. The summed E-state index contributed by atoms with van der Waals surface area (Å²) in [4.78, 5) is 0.276. The van der Waals surface area contributed by atoms with Crippen LogP contribution in [-0.2, 0) is 22.3 Å². The molecule has 0 aliphatic heterocycles. The van der Waals surface area contributed by atoms with Crippen LogP contribution in [0.2, 0.25) is 10.0 Å². The number of nitrogens with one attached hydrogen (secondary N) is 1. The van der Waals surface area contributed by atoms with Gasteiger partial charge in [-0.3, -0.25) is 4.57 Å². The Balaban J connectivity index is 1.67. The number of aromatic nitrogens is 3. The molecule has 0 aliphatic carbocycles. The summed E-state index contributed by atoms with van der Waals surface area (Å²) >= 11 is 14.2. The number of sulfonamides is 1. The Hall–Kier alpha value is -2.36. The highest BCUT2D eigenvalue weighted by atomic mass is 35.5. The monoisotopic (exact) mass is 560 g/mol. The van der Waals surface area contributed by atoms with Gasteiger partial charge in [0.15, 0.2) is 11.0 Å². The van der Waals surface area contributed by atoms with Gasteiger partial charge in [-0.2, -0.15) is 0 Å². The molecule has 1 N–H and O–H groups in total. The van der Waals surface area contributed by atoms with Crippen molar-refractivity contribution in [1.29, 1.82) is 0 Å². The number of benzene rings is 3. The SMILES string of the molecule is Cc1cccc(CSc2nnc(CNS(=O)(=O)c3c(C)cc(C)cc3C)n2-c2ccc(Cl)cc2Cl)c1. The van der Waals surface area contributed by atoms with Crippen LogP contribution in [0.15, 0.2) is 64.6 Å². The summed E-state index contributed by atoms with van der Waals surface area (Å²) in [7, 11) is -3.80. The second-order valence-corrected chi connectivity index (χ2v) is 12.1. The molecule has 0 fully saturated rings. The summed E-state index contributed by atoms with van der Waals surface area (Å²) in [5.74, 6) is 1.08. The van der Waals surface area contributed by atoms with E-state index in [-0.39, 0.29) is 11.4 Å². The van der Waals surface area contributed by atoms with Crippen LogP contribution in [0.5, 0.6) is 0 Å². The maximum Gasteiger partial charge on any atom is 0.241 e. The van der Waals surface area contributed by atoms with E-state index in [1.165, 1.54) is 17.3 Å². The lowest BCUT2D eigenvalue weighted by atomic mass is 10.1. The number of rotatable bonds is 8. The third-order valence-corrected chi connectivity index (χ3v) is 8.84. The van der Waals surface area contributed by atoms with Gasteiger partial charge in [-0.25, -0.2) is 13.1 Å². The van der Waals surface area contributed by atoms with Crippen molar-refractivity contribution < 1.29 is 8.42 Å². The summed E-state index contributed by atoms with van der Waals surface area (Å²) in [6.45, 7) is 7.52. The lowest BCUT2D eigenvalue weighted by Gasteiger charge is -2.15. The zero-order valence-corrected chi connectivity index (χ0v) is 23.5. The molecule has 0 spiro atoms. The summed E-state index contributed by atoms with van der Waals surface area (Å²) in [5, 5.41) is 10.2. The molecule has 0 unspecified atom stereocenters. The largest absolute Gasteiger partial charge is 0.271 e. The number of aryl methyl sites for hydroxylation is 4. The van der Waals surface area contributed by atoms with E-state index in [2.05, 4.69) is 27.1 Å².